The average Bonchev–Trinajstić information content (AvgIpc) is 3.82. The molecule has 1 aromatic heterocycles. The second-order valence-corrected chi connectivity index (χ2v) is 11.3. The third kappa shape index (κ3) is 11.3. The molecule has 5 rings (SSSR count). The minimum atomic E-state index is -4.81. The number of pyridine rings is 1. The van der Waals surface area contributed by atoms with Gasteiger partial charge in [-0.25, -0.2) is 9.37 Å². The van der Waals surface area contributed by atoms with Crippen LogP contribution in [-0.4, -0.2) is 58.6 Å². The fourth-order valence-corrected chi connectivity index (χ4v) is 4.95. The third-order valence-corrected chi connectivity index (χ3v) is 7.39. The summed E-state index contributed by atoms with van der Waals surface area (Å²) in [4.78, 5) is 19.7. The molecule has 2 aliphatic rings. The Hall–Kier alpha value is -4.03. The van der Waals surface area contributed by atoms with Gasteiger partial charge in [0.15, 0.2) is 0 Å². The predicted molar refractivity (Wildman–Crippen MR) is 179 cm³/mol. The fraction of sp³-hybridized carbons (Fsp3) is 0.457. The maximum Gasteiger partial charge on any atom is 0.419 e. The number of nitrogens with one attached hydrogen (secondary N) is 1. The van der Waals surface area contributed by atoms with E-state index in [0.29, 0.717) is 36.9 Å². The monoisotopic (exact) mass is 661 g/mol. The number of nitrogen functional groups attached to an aromatic ring is 1. The number of methoxy groups -OCH3 is 1. The number of halogens is 4. The van der Waals surface area contributed by atoms with E-state index in [1.165, 1.54) is 18.7 Å². The number of alkyl halides is 3. The molecule has 1 aliphatic heterocycles. The minimum Gasteiger partial charge on any atom is -0.490 e. The van der Waals surface area contributed by atoms with E-state index in [4.69, 9.17) is 10.5 Å². The van der Waals surface area contributed by atoms with Crippen molar-refractivity contribution in [1.82, 2.24) is 10.3 Å². The zero-order valence-corrected chi connectivity index (χ0v) is 28.0. The maximum absolute atomic E-state index is 13.8. The van der Waals surface area contributed by atoms with E-state index < -0.39 is 17.6 Å². The summed E-state index contributed by atoms with van der Waals surface area (Å²) in [5.74, 6) is -0.475. The molecule has 0 saturated heterocycles. The first-order chi connectivity index (χ1) is 22.4. The van der Waals surface area contributed by atoms with Gasteiger partial charge in [-0.15, -0.1) is 0 Å². The van der Waals surface area contributed by atoms with Crippen LogP contribution in [0.2, 0.25) is 0 Å². The quantitative estimate of drug-likeness (QED) is 0.0994. The molecule has 3 aromatic rings. The van der Waals surface area contributed by atoms with Crippen LogP contribution in [0.1, 0.15) is 72.9 Å². The Bertz CT molecular complexity index is 1460. The smallest absolute Gasteiger partial charge is 0.419 e. The van der Waals surface area contributed by atoms with Crippen LogP contribution in [0.4, 0.5) is 23.2 Å². The van der Waals surface area contributed by atoms with Crippen molar-refractivity contribution in [2.24, 2.45) is 16.6 Å². The van der Waals surface area contributed by atoms with E-state index in [-0.39, 0.29) is 23.1 Å². The Morgan fingerprint density at radius 1 is 1.15 bits per heavy atom. The van der Waals surface area contributed by atoms with Gasteiger partial charge in [0, 0.05) is 73.4 Å². The first-order valence-electron chi connectivity index (χ1n) is 15.5. The second-order valence-electron chi connectivity index (χ2n) is 11.3. The number of ether oxygens (including phenoxy) is 2. The number of anilines is 1. The van der Waals surface area contributed by atoms with Crippen LogP contribution in [0.15, 0.2) is 47.5 Å². The molecule has 2 atom stereocenters. The van der Waals surface area contributed by atoms with Crippen molar-refractivity contribution in [2.45, 2.75) is 58.0 Å². The summed E-state index contributed by atoms with van der Waals surface area (Å²) in [5, 5.41) is 2.69. The van der Waals surface area contributed by atoms with E-state index in [1.54, 1.807) is 14.2 Å². The second kappa shape index (κ2) is 19.0. The predicted octanol–water partition coefficient (Wildman–Crippen LogP) is 6.89. The number of carbonyl (C=O) groups is 1. The zero-order chi connectivity index (χ0) is 35.1. The van der Waals surface area contributed by atoms with Gasteiger partial charge in [0.2, 0.25) is 6.41 Å². The largest absolute Gasteiger partial charge is 0.490 e. The SMILES string of the molecule is CC1COc2c1cc(C(CNC=O)C1CC1)nc2-c1ccc(F)c(C(F)(F)F)c1.CCCN=Cc1cc(C)ccc1N.CN.COC. The van der Waals surface area contributed by atoms with Gasteiger partial charge in [-0.3, -0.25) is 9.79 Å². The topological polar surface area (TPSA) is 125 Å². The minimum absolute atomic E-state index is 0.0282. The molecule has 258 valence electrons. The van der Waals surface area contributed by atoms with Gasteiger partial charge in [0.25, 0.3) is 0 Å². The number of benzene rings is 2. The molecule has 0 spiro atoms. The summed E-state index contributed by atoms with van der Waals surface area (Å²) < 4.78 is 63.4. The molecular weight excluding hydrogens is 614 g/mol. The molecule has 0 bridgehead atoms. The summed E-state index contributed by atoms with van der Waals surface area (Å²) in [6.07, 6.45) is 0.777. The normalized spacial score (nSPS) is 15.5. The van der Waals surface area contributed by atoms with Crippen molar-refractivity contribution in [3.8, 4) is 17.0 Å². The lowest BCUT2D eigenvalue weighted by Crippen LogP contribution is -2.22. The van der Waals surface area contributed by atoms with Gasteiger partial charge in [-0.05, 0) is 75.5 Å². The molecule has 1 fully saturated rings. The van der Waals surface area contributed by atoms with Crippen LogP contribution in [0.25, 0.3) is 11.3 Å². The number of nitrogens with two attached hydrogens (primary N) is 2. The number of aromatic nitrogens is 1. The first-order valence-corrected chi connectivity index (χ1v) is 15.5. The van der Waals surface area contributed by atoms with Crippen LogP contribution in [0.5, 0.6) is 5.75 Å². The maximum atomic E-state index is 13.8. The van der Waals surface area contributed by atoms with Gasteiger partial charge in [0.05, 0.1) is 12.2 Å². The van der Waals surface area contributed by atoms with Crippen molar-refractivity contribution in [3.05, 3.63) is 76.2 Å². The molecule has 2 heterocycles. The molecule has 8 nitrogen and oxygen atoms in total. The Balaban J connectivity index is 0.000000356. The van der Waals surface area contributed by atoms with E-state index in [9.17, 15) is 22.4 Å². The van der Waals surface area contributed by atoms with Gasteiger partial charge in [0.1, 0.15) is 17.3 Å². The Kier molecular flexibility index (Phi) is 15.8. The number of hydrogen-bond acceptors (Lipinski definition) is 7. The summed E-state index contributed by atoms with van der Waals surface area (Å²) in [6, 6.07) is 10.8. The molecule has 1 aliphatic carbocycles. The van der Waals surface area contributed by atoms with E-state index in [2.05, 4.69) is 45.7 Å². The summed E-state index contributed by atoms with van der Waals surface area (Å²) in [7, 11) is 4.75. The van der Waals surface area contributed by atoms with E-state index in [0.717, 1.165) is 54.8 Å². The number of fused-ring (bicyclic) bond motifs is 1. The van der Waals surface area contributed by atoms with E-state index in [1.807, 2.05) is 31.3 Å². The Morgan fingerprint density at radius 3 is 2.43 bits per heavy atom. The highest BCUT2D eigenvalue weighted by Crippen LogP contribution is 2.47. The number of carbonyl (C=O) groups excluding carboxylic acids is 1. The number of aryl methyl sites for hydroxylation is 1. The van der Waals surface area contributed by atoms with Gasteiger partial charge < -0.3 is 26.3 Å². The lowest BCUT2D eigenvalue weighted by molar-refractivity contribution is -0.139. The van der Waals surface area contributed by atoms with Crippen LogP contribution >= 0.6 is 0 Å². The molecule has 2 unspecified atom stereocenters. The molecule has 47 heavy (non-hydrogen) atoms. The average molecular weight is 662 g/mol. The molecule has 5 N–H and O–H groups in total. The van der Waals surface area contributed by atoms with Crippen molar-refractivity contribution in [2.75, 3.05) is 46.7 Å². The molecule has 0 radical (unpaired) electrons. The standard InChI is InChI=1S/C21H20F4N2O2.C11H16N2.C2H6O.CH5N/c1-11-9-29-20-14(11)7-18(15(8-26-10-28)12-2-3-12)27-19(20)13-4-5-17(22)16(6-13)21(23,24)25;1-3-6-13-8-10-7-9(2)4-5-11(10)12;1-3-2;1-2/h4-7,10-12,15H,2-3,8-9H2,1H3,(H,26,28);4-5,7-8H,3,6,12H2,1-2H3;1-2H3;2H2,1H3. The van der Waals surface area contributed by atoms with Crippen molar-refractivity contribution >= 4 is 18.3 Å². The number of amides is 1. The van der Waals surface area contributed by atoms with Crippen LogP contribution < -0.4 is 21.5 Å². The third-order valence-electron chi connectivity index (χ3n) is 7.39. The number of nitrogens with zero attached hydrogens (tertiary/aromatic N) is 2. The van der Waals surface area contributed by atoms with Crippen LogP contribution in [0, 0.1) is 18.7 Å². The lowest BCUT2D eigenvalue weighted by Gasteiger charge is -2.19. The molecule has 12 heteroatoms. The number of rotatable bonds is 9. The highest BCUT2D eigenvalue weighted by atomic mass is 19.4. The summed E-state index contributed by atoms with van der Waals surface area (Å²) in [6.45, 7) is 7.81. The molecule has 2 aromatic carbocycles. The molecule has 1 saturated carbocycles. The zero-order valence-electron chi connectivity index (χ0n) is 28.0. The highest BCUT2D eigenvalue weighted by molar-refractivity contribution is 5.87. The highest BCUT2D eigenvalue weighted by Gasteiger charge is 2.37. The van der Waals surface area contributed by atoms with Gasteiger partial charge in [-0.1, -0.05) is 25.5 Å². The fourth-order valence-electron chi connectivity index (χ4n) is 4.95. The molecular formula is C35H47F4N5O3. The van der Waals surface area contributed by atoms with E-state index >= 15 is 0 Å². The van der Waals surface area contributed by atoms with Crippen LogP contribution in [0.3, 0.4) is 0 Å². The lowest BCUT2D eigenvalue weighted by atomic mass is 9.93. The van der Waals surface area contributed by atoms with Gasteiger partial charge >= 0.3 is 6.18 Å². The number of aliphatic imine (C=N–C) groups is 1. The Labute approximate surface area is 275 Å². The Morgan fingerprint density at radius 2 is 1.83 bits per heavy atom. The van der Waals surface area contributed by atoms with Crippen molar-refractivity contribution in [1.29, 1.82) is 0 Å². The van der Waals surface area contributed by atoms with Crippen molar-refractivity contribution in [3.63, 3.8) is 0 Å². The van der Waals surface area contributed by atoms with Gasteiger partial charge in [-0.2, -0.15) is 13.2 Å². The van der Waals surface area contributed by atoms with Crippen LogP contribution in [-0.2, 0) is 15.7 Å². The van der Waals surface area contributed by atoms with Crippen molar-refractivity contribution < 1.29 is 31.8 Å². The summed E-state index contributed by atoms with van der Waals surface area (Å²) in [5.41, 5.74) is 14.0. The first kappa shape index (κ1) is 39.1. The summed E-state index contributed by atoms with van der Waals surface area (Å²) >= 11 is 0. The molecule has 1 amide bonds. The number of hydrogen-bond donors (Lipinski definition) is 3.